The molecule has 0 N–H and O–H groups in total. The van der Waals surface area contributed by atoms with Gasteiger partial charge in [-0.15, -0.1) is 0 Å². The molecule has 0 bridgehead atoms. The number of rotatable bonds is 2. The SMILES string of the molecule is COC(=O)C1=CC(C)=C(c2ccco2)C(=S(=O)=O)C1C. The first-order valence-electron chi connectivity index (χ1n) is 5.98. The van der Waals surface area contributed by atoms with Crippen molar-refractivity contribution in [1.29, 1.82) is 0 Å². The molecule has 1 atom stereocenters. The van der Waals surface area contributed by atoms with Gasteiger partial charge in [0.25, 0.3) is 0 Å². The molecular weight excluding hydrogens is 280 g/mol. The highest BCUT2D eigenvalue weighted by molar-refractivity contribution is 7.74. The van der Waals surface area contributed by atoms with Crippen LogP contribution in [-0.2, 0) is 19.8 Å². The van der Waals surface area contributed by atoms with Crippen molar-refractivity contribution in [2.75, 3.05) is 7.11 Å². The van der Waals surface area contributed by atoms with Gasteiger partial charge in [0.05, 0.1) is 18.2 Å². The number of hydrogen-bond acceptors (Lipinski definition) is 5. The van der Waals surface area contributed by atoms with E-state index < -0.39 is 22.2 Å². The van der Waals surface area contributed by atoms with Gasteiger partial charge in [0, 0.05) is 17.1 Å². The number of methoxy groups -OCH3 is 1. The van der Waals surface area contributed by atoms with Gasteiger partial charge in [0.15, 0.2) is 0 Å². The first-order chi connectivity index (χ1) is 9.47. The van der Waals surface area contributed by atoms with Crippen molar-refractivity contribution in [1.82, 2.24) is 0 Å². The molecule has 106 valence electrons. The molecule has 6 heteroatoms. The molecule has 0 radical (unpaired) electrons. The lowest BCUT2D eigenvalue weighted by molar-refractivity contribution is -0.136. The number of furan rings is 1. The number of hydrogen-bond donors (Lipinski definition) is 0. The quantitative estimate of drug-likeness (QED) is 0.615. The fourth-order valence-electron chi connectivity index (χ4n) is 2.30. The van der Waals surface area contributed by atoms with Crippen LogP contribution in [0.25, 0.3) is 5.57 Å². The van der Waals surface area contributed by atoms with E-state index in [1.165, 1.54) is 13.4 Å². The van der Waals surface area contributed by atoms with Gasteiger partial charge >= 0.3 is 5.97 Å². The number of carbonyl (C=O) groups is 1. The maximum Gasteiger partial charge on any atom is 0.334 e. The van der Waals surface area contributed by atoms with Gasteiger partial charge in [0.1, 0.15) is 5.76 Å². The number of ether oxygens (including phenoxy) is 1. The Kier molecular flexibility index (Phi) is 3.94. The zero-order chi connectivity index (χ0) is 14.9. The fourth-order valence-corrected chi connectivity index (χ4v) is 3.14. The normalized spacial score (nSPS) is 18.9. The smallest absolute Gasteiger partial charge is 0.334 e. The van der Waals surface area contributed by atoms with Crippen LogP contribution in [0.4, 0.5) is 0 Å². The Labute approximate surface area is 118 Å². The van der Waals surface area contributed by atoms with Crippen molar-refractivity contribution >= 4 is 26.7 Å². The van der Waals surface area contributed by atoms with Crippen LogP contribution in [0.5, 0.6) is 0 Å². The van der Waals surface area contributed by atoms with E-state index in [0.29, 0.717) is 22.5 Å². The van der Waals surface area contributed by atoms with E-state index in [1.807, 2.05) is 0 Å². The average molecular weight is 294 g/mol. The molecule has 0 spiro atoms. The van der Waals surface area contributed by atoms with Crippen molar-refractivity contribution in [3.63, 3.8) is 0 Å². The molecule has 1 aliphatic carbocycles. The van der Waals surface area contributed by atoms with E-state index in [-0.39, 0.29) is 4.86 Å². The minimum atomic E-state index is -2.46. The summed E-state index contributed by atoms with van der Waals surface area (Å²) >= 11 is 0. The number of allylic oxidation sites excluding steroid dienone is 3. The Hall–Kier alpha value is -2.08. The lowest BCUT2D eigenvalue weighted by Crippen LogP contribution is -2.25. The monoisotopic (exact) mass is 294 g/mol. The van der Waals surface area contributed by atoms with Crippen LogP contribution >= 0.6 is 0 Å². The molecule has 0 fully saturated rings. The summed E-state index contributed by atoms with van der Waals surface area (Å²) < 4.78 is 33.2. The van der Waals surface area contributed by atoms with E-state index in [4.69, 9.17) is 9.15 Å². The van der Waals surface area contributed by atoms with E-state index in [2.05, 4.69) is 0 Å². The third-order valence-electron chi connectivity index (χ3n) is 3.24. The summed E-state index contributed by atoms with van der Waals surface area (Å²) in [5.74, 6) is -0.642. The van der Waals surface area contributed by atoms with E-state index in [1.54, 1.807) is 32.1 Å². The Morgan fingerprint density at radius 3 is 2.60 bits per heavy atom. The second-order valence-electron chi connectivity index (χ2n) is 4.45. The first-order valence-corrected chi connectivity index (χ1v) is 7.06. The minimum absolute atomic E-state index is 0.139. The molecule has 0 saturated carbocycles. The third kappa shape index (κ3) is 2.34. The zero-order valence-electron chi connectivity index (χ0n) is 11.3. The Balaban J connectivity index is 2.73. The lowest BCUT2D eigenvalue weighted by Gasteiger charge is -2.22. The van der Waals surface area contributed by atoms with E-state index >= 15 is 0 Å². The standard InChI is InChI=1S/C14H14O5S/c1-8-7-10(14(15)18-3)9(2)13(20(16)17)12(8)11-5-4-6-19-11/h4-7,9H,1-3H3. The molecule has 0 amide bonds. The summed E-state index contributed by atoms with van der Waals surface area (Å²) in [5, 5.41) is 0. The van der Waals surface area contributed by atoms with Crippen LogP contribution in [0, 0.1) is 5.92 Å². The van der Waals surface area contributed by atoms with Crippen LogP contribution in [0.15, 0.2) is 40.0 Å². The predicted octanol–water partition coefficient (Wildman–Crippen LogP) is 1.85. The van der Waals surface area contributed by atoms with Crippen LogP contribution in [0.2, 0.25) is 0 Å². The van der Waals surface area contributed by atoms with E-state index in [9.17, 15) is 13.2 Å². The molecule has 1 aromatic heterocycles. The molecule has 1 unspecified atom stereocenters. The molecule has 0 aromatic carbocycles. The highest BCUT2D eigenvalue weighted by Gasteiger charge is 2.32. The van der Waals surface area contributed by atoms with Crippen LogP contribution in [-0.4, -0.2) is 26.4 Å². The molecule has 0 aliphatic heterocycles. The van der Waals surface area contributed by atoms with Gasteiger partial charge in [-0.3, -0.25) is 0 Å². The van der Waals surface area contributed by atoms with Gasteiger partial charge in [-0.2, -0.15) is 8.42 Å². The van der Waals surface area contributed by atoms with E-state index in [0.717, 1.165) is 0 Å². The first kappa shape index (κ1) is 14.3. The van der Waals surface area contributed by atoms with Gasteiger partial charge in [0.2, 0.25) is 10.3 Å². The molecule has 2 rings (SSSR count). The Morgan fingerprint density at radius 1 is 1.40 bits per heavy atom. The van der Waals surface area contributed by atoms with Crippen molar-refractivity contribution in [3.05, 3.63) is 41.4 Å². The van der Waals surface area contributed by atoms with Crippen molar-refractivity contribution in [2.24, 2.45) is 5.92 Å². The second-order valence-corrected chi connectivity index (χ2v) is 5.36. The summed E-state index contributed by atoms with van der Waals surface area (Å²) in [7, 11) is -1.19. The maximum absolute atomic E-state index is 11.7. The predicted molar refractivity (Wildman–Crippen MR) is 74.5 cm³/mol. The van der Waals surface area contributed by atoms with Crippen molar-refractivity contribution < 1.29 is 22.4 Å². The average Bonchev–Trinajstić information content (AvgIpc) is 2.92. The summed E-state index contributed by atoms with van der Waals surface area (Å²) in [6.07, 6.45) is 3.12. The largest absolute Gasteiger partial charge is 0.466 e. The summed E-state index contributed by atoms with van der Waals surface area (Å²) in [5.41, 5.74) is 1.47. The molecule has 1 aliphatic rings. The molecule has 1 aromatic rings. The van der Waals surface area contributed by atoms with Crippen molar-refractivity contribution in [3.8, 4) is 0 Å². The Bertz CT molecular complexity index is 725. The van der Waals surface area contributed by atoms with Gasteiger partial charge in [-0.25, -0.2) is 4.79 Å². The zero-order valence-corrected chi connectivity index (χ0v) is 12.2. The number of esters is 1. The number of carbonyl (C=O) groups excluding carboxylic acids is 1. The third-order valence-corrected chi connectivity index (χ3v) is 4.16. The highest BCUT2D eigenvalue weighted by Crippen LogP contribution is 2.33. The van der Waals surface area contributed by atoms with Crippen LogP contribution in [0.1, 0.15) is 19.6 Å². The summed E-state index contributed by atoms with van der Waals surface area (Å²) in [6, 6.07) is 3.38. The molecule has 1 heterocycles. The van der Waals surface area contributed by atoms with Crippen molar-refractivity contribution in [2.45, 2.75) is 13.8 Å². The minimum Gasteiger partial charge on any atom is -0.466 e. The second kappa shape index (κ2) is 5.50. The topological polar surface area (TPSA) is 73.6 Å². The molecular formula is C14H14O5S. The summed E-state index contributed by atoms with van der Waals surface area (Å²) in [6.45, 7) is 3.39. The van der Waals surface area contributed by atoms with Crippen LogP contribution in [0.3, 0.4) is 0 Å². The van der Waals surface area contributed by atoms with Gasteiger partial charge in [-0.1, -0.05) is 6.92 Å². The van der Waals surface area contributed by atoms with Gasteiger partial charge < -0.3 is 9.15 Å². The molecule has 0 saturated heterocycles. The highest BCUT2D eigenvalue weighted by atomic mass is 32.2. The van der Waals surface area contributed by atoms with Crippen LogP contribution < -0.4 is 0 Å². The molecule has 5 nitrogen and oxygen atoms in total. The molecule has 20 heavy (non-hydrogen) atoms. The fraction of sp³-hybridized carbons (Fsp3) is 0.286. The Morgan fingerprint density at radius 2 is 2.10 bits per heavy atom. The van der Waals surface area contributed by atoms with Gasteiger partial charge in [-0.05, 0) is 30.7 Å². The maximum atomic E-state index is 11.7. The summed E-state index contributed by atoms with van der Waals surface area (Å²) in [4.78, 5) is 11.9. The lowest BCUT2D eigenvalue weighted by atomic mass is 9.84.